The van der Waals surface area contributed by atoms with Crippen LogP contribution in [0.15, 0.2) is 35.4 Å². The summed E-state index contributed by atoms with van der Waals surface area (Å²) in [6.07, 6.45) is 4.37. The van der Waals surface area contributed by atoms with Crippen molar-refractivity contribution >= 4 is 17.0 Å². The molecule has 0 spiro atoms. The summed E-state index contributed by atoms with van der Waals surface area (Å²) in [7, 11) is 0. The quantitative estimate of drug-likeness (QED) is 0.711. The largest absolute Gasteiger partial charge is 0.372 e. The van der Waals surface area contributed by atoms with Gasteiger partial charge in [-0.3, -0.25) is 24.6 Å². The van der Waals surface area contributed by atoms with E-state index >= 15 is 0 Å². The molecule has 0 amide bonds. The van der Waals surface area contributed by atoms with Gasteiger partial charge in [0.05, 0.1) is 28.9 Å². The predicted octanol–water partition coefficient (Wildman–Crippen LogP) is 1.88. The van der Waals surface area contributed by atoms with Crippen molar-refractivity contribution in [1.29, 1.82) is 0 Å². The molecule has 0 bridgehead atoms. The fourth-order valence-corrected chi connectivity index (χ4v) is 4.54. The number of nitrogens with one attached hydrogen (secondary N) is 1. The summed E-state index contributed by atoms with van der Waals surface area (Å²) in [5, 5.41) is 0. The van der Waals surface area contributed by atoms with Crippen molar-refractivity contribution in [3.05, 3.63) is 57.8 Å². The lowest BCUT2D eigenvalue weighted by Gasteiger charge is -2.36. The number of para-hydroxylation sites is 1. The topological polar surface area (TPSA) is 87.2 Å². The van der Waals surface area contributed by atoms with E-state index in [1.807, 2.05) is 26.0 Å². The average Bonchev–Trinajstić information content (AvgIpc) is 2.73. The summed E-state index contributed by atoms with van der Waals surface area (Å²) < 4.78 is 5.82. The van der Waals surface area contributed by atoms with Crippen LogP contribution in [0.4, 0.5) is 5.95 Å². The minimum Gasteiger partial charge on any atom is -0.372 e. The van der Waals surface area contributed by atoms with Crippen LogP contribution in [-0.4, -0.2) is 56.7 Å². The van der Waals surface area contributed by atoms with Gasteiger partial charge in [-0.15, -0.1) is 0 Å². The van der Waals surface area contributed by atoms with E-state index in [0.29, 0.717) is 18.9 Å². The molecule has 5 rings (SSSR count). The van der Waals surface area contributed by atoms with Crippen LogP contribution >= 0.6 is 0 Å². The van der Waals surface area contributed by atoms with Gasteiger partial charge in [0.25, 0.3) is 5.56 Å². The minimum absolute atomic E-state index is 0.0162. The van der Waals surface area contributed by atoms with Gasteiger partial charge in [-0.25, -0.2) is 4.98 Å². The van der Waals surface area contributed by atoms with Gasteiger partial charge in [0, 0.05) is 50.7 Å². The molecule has 1 saturated heterocycles. The maximum Gasteiger partial charge on any atom is 0.255 e. The summed E-state index contributed by atoms with van der Waals surface area (Å²) in [5.74, 6) is 0.652. The van der Waals surface area contributed by atoms with Crippen LogP contribution in [0.25, 0.3) is 11.0 Å². The van der Waals surface area contributed by atoms with Crippen LogP contribution in [0.5, 0.6) is 0 Å². The molecule has 2 unspecified atom stereocenters. The fraction of sp³-hybridized carbons (Fsp3) is 0.455. The second-order valence-electron chi connectivity index (χ2n) is 8.28. The highest BCUT2D eigenvalue weighted by Gasteiger charge is 2.27. The van der Waals surface area contributed by atoms with Gasteiger partial charge in [0.15, 0.2) is 0 Å². The molecule has 0 aliphatic carbocycles. The molecule has 2 atom stereocenters. The smallest absolute Gasteiger partial charge is 0.255 e. The predicted molar refractivity (Wildman–Crippen MR) is 114 cm³/mol. The number of aromatic amines is 1. The molecule has 1 aromatic carbocycles. The van der Waals surface area contributed by atoms with Gasteiger partial charge in [-0.2, -0.15) is 0 Å². The summed E-state index contributed by atoms with van der Waals surface area (Å²) in [5.41, 5.74) is 4.64. The van der Waals surface area contributed by atoms with Crippen molar-refractivity contribution in [2.75, 3.05) is 24.5 Å². The molecular formula is C22H26N6O2. The van der Waals surface area contributed by atoms with Crippen molar-refractivity contribution in [2.24, 2.45) is 0 Å². The Labute approximate surface area is 174 Å². The lowest BCUT2D eigenvalue weighted by atomic mass is 10.1. The number of hydrogen-bond donors (Lipinski definition) is 1. The zero-order valence-electron chi connectivity index (χ0n) is 17.3. The van der Waals surface area contributed by atoms with Crippen molar-refractivity contribution < 1.29 is 4.74 Å². The van der Waals surface area contributed by atoms with E-state index in [4.69, 9.17) is 9.72 Å². The second-order valence-corrected chi connectivity index (χ2v) is 8.28. The van der Waals surface area contributed by atoms with Gasteiger partial charge < -0.3 is 9.64 Å². The molecule has 2 aromatic heterocycles. The maximum atomic E-state index is 12.7. The Morgan fingerprint density at radius 2 is 1.97 bits per heavy atom. The van der Waals surface area contributed by atoms with E-state index in [9.17, 15) is 4.79 Å². The summed E-state index contributed by atoms with van der Waals surface area (Å²) in [6, 6.07) is 6.10. The molecule has 8 heteroatoms. The molecule has 8 nitrogen and oxygen atoms in total. The monoisotopic (exact) mass is 406 g/mol. The molecule has 2 aliphatic heterocycles. The molecule has 0 radical (unpaired) electrons. The number of aromatic nitrogens is 4. The standard InChI is InChI=1S/C22H26N6O2/c1-14-10-28(11-15(2)30-14)22-25-19-13-27(9-6-17(19)21(29)26-22)12-16-4-3-5-18-20(16)24-8-7-23-18/h3-5,7-8,14-15H,6,9-13H2,1-2H3,(H,25,26,29). The Morgan fingerprint density at radius 1 is 1.17 bits per heavy atom. The van der Waals surface area contributed by atoms with Gasteiger partial charge >= 0.3 is 0 Å². The van der Waals surface area contributed by atoms with Gasteiger partial charge in [-0.05, 0) is 31.9 Å². The molecule has 0 saturated carbocycles. The molecule has 156 valence electrons. The average molecular weight is 406 g/mol. The third-order valence-electron chi connectivity index (χ3n) is 5.84. The number of morpholine rings is 1. The molecule has 2 aliphatic rings. The SMILES string of the molecule is CC1CN(c2nc3c(c(=O)[nH]2)CCN(Cc2cccc4nccnc24)C3)CC(C)O1. The summed E-state index contributed by atoms with van der Waals surface area (Å²) in [4.78, 5) is 34.0. The van der Waals surface area contributed by atoms with Crippen molar-refractivity contribution in [1.82, 2.24) is 24.8 Å². The normalized spacial score (nSPS) is 22.3. The third-order valence-corrected chi connectivity index (χ3v) is 5.84. The molecule has 3 aromatic rings. The Kier molecular flexibility index (Phi) is 4.96. The van der Waals surface area contributed by atoms with Crippen LogP contribution in [0, 0.1) is 0 Å². The van der Waals surface area contributed by atoms with Crippen LogP contribution < -0.4 is 10.5 Å². The minimum atomic E-state index is -0.0162. The number of nitrogens with zero attached hydrogens (tertiary/aromatic N) is 5. The molecule has 30 heavy (non-hydrogen) atoms. The zero-order chi connectivity index (χ0) is 20.7. The first-order valence-corrected chi connectivity index (χ1v) is 10.5. The highest BCUT2D eigenvalue weighted by molar-refractivity contribution is 5.77. The van der Waals surface area contributed by atoms with Crippen LogP contribution in [0.1, 0.15) is 30.7 Å². The lowest BCUT2D eigenvalue weighted by Crippen LogP contribution is -2.47. The van der Waals surface area contributed by atoms with Gasteiger partial charge in [0.1, 0.15) is 0 Å². The fourth-order valence-electron chi connectivity index (χ4n) is 4.54. The summed E-state index contributed by atoms with van der Waals surface area (Å²) >= 11 is 0. The number of fused-ring (bicyclic) bond motifs is 2. The van der Waals surface area contributed by atoms with Crippen molar-refractivity contribution in [3.63, 3.8) is 0 Å². The second kappa shape index (κ2) is 7.77. The van der Waals surface area contributed by atoms with Crippen molar-refractivity contribution in [3.8, 4) is 0 Å². The van der Waals surface area contributed by atoms with E-state index in [-0.39, 0.29) is 17.8 Å². The Hall–Kier alpha value is -2.84. The summed E-state index contributed by atoms with van der Waals surface area (Å²) in [6.45, 7) is 7.78. The number of ether oxygens (including phenoxy) is 1. The van der Waals surface area contributed by atoms with E-state index in [1.165, 1.54) is 0 Å². The van der Waals surface area contributed by atoms with Crippen molar-refractivity contribution in [2.45, 2.75) is 45.6 Å². The van der Waals surface area contributed by atoms with Gasteiger partial charge in [0.2, 0.25) is 5.95 Å². The first kappa shape index (κ1) is 19.1. The van der Waals surface area contributed by atoms with E-state index in [1.54, 1.807) is 12.4 Å². The highest BCUT2D eigenvalue weighted by atomic mass is 16.5. The number of benzene rings is 1. The number of rotatable bonds is 3. The van der Waals surface area contributed by atoms with Gasteiger partial charge in [-0.1, -0.05) is 12.1 Å². The van der Waals surface area contributed by atoms with Crippen LogP contribution in [0.2, 0.25) is 0 Å². The Balaban J connectivity index is 1.40. The van der Waals surface area contributed by atoms with Crippen LogP contribution in [-0.2, 0) is 24.2 Å². The van der Waals surface area contributed by atoms with Crippen LogP contribution in [0.3, 0.4) is 0 Å². The maximum absolute atomic E-state index is 12.7. The Morgan fingerprint density at radius 3 is 2.80 bits per heavy atom. The zero-order valence-corrected chi connectivity index (χ0v) is 17.3. The number of hydrogen-bond acceptors (Lipinski definition) is 7. The molecule has 4 heterocycles. The van der Waals surface area contributed by atoms with E-state index in [2.05, 4.69) is 30.8 Å². The molecule has 1 N–H and O–H groups in total. The Bertz CT molecular complexity index is 1110. The first-order chi connectivity index (χ1) is 14.6. The third kappa shape index (κ3) is 3.68. The number of anilines is 1. The number of H-pyrrole nitrogens is 1. The first-order valence-electron chi connectivity index (χ1n) is 10.5. The molecule has 1 fully saturated rings. The van der Waals surface area contributed by atoms with E-state index < -0.39 is 0 Å². The lowest BCUT2D eigenvalue weighted by molar-refractivity contribution is -0.00576. The van der Waals surface area contributed by atoms with E-state index in [0.717, 1.165) is 54.0 Å². The molecular weight excluding hydrogens is 380 g/mol. The highest BCUT2D eigenvalue weighted by Crippen LogP contribution is 2.22.